The summed E-state index contributed by atoms with van der Waals surface area (Å²) in [6.45, 7) is 11.2. The molecule has 1 aliphatic heterocycles. The lowest BCUT2D eigenvalue weighted by Crippen LogP contribution is -2.54. The number of aliphatic hydroxyl groups excluding tert-OH is 1. The molecule has 1 heterocycles. The van der Waals surface area contributed by atoms with Crippen molar-refractivity contribution in [2.75, 3.05) is 13.2 Å². The van der Waals surface area contributed by atoms with Crippen LogP contribution in [-0.4, -0.2) is 35.9 Å². The molecule has 0 aromatic heterocycles. The number of aliphatic hydroxyl groups is 1. The van der Waals surface area contributed by atoms with Gasteiger partial charge in [0, 0.05) is 18.8 Å². The SMILES string of the molecule is Cc1cc(C)cc(-c2cccc(CC3(C(=O)NC(C)(C)C[C@H](C)O)CCOCC3)c2)c1. The van der Waals surface area contributed by atoms with Gasteiger partial charge in [-0.15, -0.1) is 0 Å². The van der Waals surface area contributed by atoms with E-state index in [1.54, 1.807) is 6.92 Å². The smallest absolute Gasteiger partial charge is 0.227 e. The molecule has 2 aromatic rings. The fourth-order valence-electron chi connectivity index (χ4n) is 4.87. The first-order valence-corrected chi connectivity index (χ1v) is 11.3. The van der Waals surface area contributed by atoms with Crippen LogP contribution < -0.4 is 5.32 Å². The summed E-state index contributed by atoms with van der Waals surface area (Å²) in [6, 6.07) is 15.2. The normalized spacial score (nSPS) is 17.2. The van der Waals surface area contributed by atoms with Crippen molar-refractivity contribution in [3.8, 4) is 11.1 Å². The van der Waals surface area contributed by atoms with Crippen LogP contribution in [0.4, 0.5) is 0 Å². The number of hydrogen-bond acceptors (Lipinski definition) is 3. The highest BCUT2D eigenvalue weighted by Crippen LogP contribution is 2.36. The summed E-state index contributed by atoms with van der Waals surface area (Å²) >= 11 is 0. The summed E-state index contributed by atoms with van der Waals surface area (Å²) in [5.74, 6) is 0.0678. The monoisotopic (exact) mass is 423 g/mol. The maximum atomic E-state index is 13.5. The van der Waals surface area contributed by atoms with Gasteiger partial charge in [-0.25, -0.2) is 0 Å². The average molecular weight is 424 g/mol. The zero-order valence-corrected chi connectivity index (χ0v) is 19.6. The lowest BCUT2D eigenvalue weighted by Gasteiger charge is -2.39. The standard InChI is InChI=1S/C27H37NO3/c1-19-13-20(2)15-24(14-19)23-8-6-7-22(16-23)18-27(9-11-31-12-10-27)25(30)28-26(4,5)17-21(3)29/h6-8,13-16,21,29H,9-12,17-18H2,1-5H3,(H,28,30)/t21-/m0/s1. The molecule has 4 heteroatoms. The van der Waals surface area contributed by atoms with Gasteiger partial charge in [0.2, 0.25) is 5.91 Å². The molecular formula is C27H37NO3. The molecule has 2 N–H and O–H groups in total. The Morgan fingerprint density at radius 2 is 1.74 bits per heavy atom. The number of carbonyl (C=O) groups excluding carboxylic acids is 1. The largest absolute Gasteiger partial charge is 0.393 e. The van der Waals surface area contributed by atoms with Gasteiger partial charge in [0.05, 0.1) is 11.5 Å². The Hall–Kier alpha value is -2.17. The lowest BCUT2D eigenvalue weighted by atomic mass is 9.73. The molecule has 0 aliphatic carbocycles. The number of carbonyl (C=O) groups is 1. The van der Waals surface area contributed by atoms with Crippen molar-refractivity contribution in [1.29, 1.82) is 0 Å². The van der Waals surface area contributed by atoms with Crippen molar-refractivity contribution >= 4 is 5.91 Å². The second kappa shape index (κ2) is 9.54. The van der Waals surface area contributed by atoms with E-state index in [1.165, 1.54) is 27.8 Å². The van der Waals surface area contributed by atoms with Gasteiger partial charge < -0.3 is 15.2 Å². The number of nitrogens with one attached hydrogen (secondary N) is 1. The number of aryl methyl sites for hydroxylation is 2. The van der Waals surface area contributed by atoms with Gasteiger partial charge in [-0.2, -0.15) is 0 Å². The second-order valence-corrected chi connectivity index (χ2v) is 10.0. The molecule has 168 valence electrons. The topological polar surface area (TPSA) is 58.6 Å². The van der Waals surface area contributed by atoms with Gasteiger partial charge in [-0.1, -0.05) is 53.6 Å². The first-order chi connectivity index (χ1) is 14.6. The number of hydrogen-bond donors (Lipinski definition) is 2. The van der Waals surface area contributed by atoms with Crippen LogP contribution in [0.1, 0.15) is 56.7 Å². The Labute approximate surface area is 187 Å². The molecule has 0 unspecified atom stereocenters. The van der Waals surface area contributed by atoms with Crippen LogP contribution in [-0.2, 0) is 16.0 Å². The molecule has 31 heavy (non-hydrogen) atoms. The summed E-state index contributed by atoms with van der Waals surface area (Å²) in [7, 11) is 0. The van der Waals surface area contributed by atoms with Gasteiger partial charge in [0.25, 0.3) is 0 Å². The fraction of sp³-hybridized carbons (Fsp3) is 0.519. The van der Waals surface area contributed by atoms with Crippen molar-refractivity contribution < 1.29 is 14.6 Å². The molecule has 0 radical (unpaired) electrons. The number of amides is 1. The molecule has 1 atom stereocenters. The molecule has 1 saturated heterocycles. The van der Waals surface area contributed by atoms with Gasteiger partial charge in [-0.05, 0) is 77.0 Å². The third-order valence-electron chi connectivity index (χ3n) is 6.21. The Morgan fingerprint density at radius 1 is 1.10 bits per heavy atom. The highest BCUT2D eigenvalue weighted by atomic mass is 16.5. The lowest BCUT2D eigenvalue weighted by molar-refractivity contribution is -0.138. The summed E-state index contributed by atoms with van der Waals surface area (Å²) in [4.78, 5) is 13.5. The second-order valence-electron chi connectivity index (χ2n) is 10.0. The van der Waals surface area contributed by atoms with Crippen LogP contribution in [0.2, 0.25) is 0 Å². The average Bonchev–Trinajstić information content (AvgIpc) is 2.66. The van der Waals surface area contributed by atoms with Crippen LogP contribution in [0.5, 0.6) is 0 Å². The molecule has 3 rings (SSSR count). The van der Waals surface area contributed by atoms with Crippen LogP contribution in [0.3, 0.4) is 0 Å². The predicted octanol–water partition coefficient (Wildman–Crippen LogP) is 4.98. The Bertz CT molecular complexity index is 890. The summed E-state index contributed by atoms with van der Waals surface area (Å²) in [5.41, 5.74) is 5.11. The third kappa shape index (κ3) is 6.18. The van der Waals surface area contributed by atoms with E-state index in [4.69, 9.17) is 4.74 Å². The quantitative estimate of drug-likeness (QED) is 0.661. The van der Waals surface area contributed by atoms with Gasteiger partial charge in [-0.3, -0.25) is 4.79 Å². The van der Waals surface area contributed by atoms with E-state index in [2.05, 4.69) is 61.6 Å². The van der Waals surface area contributed by atoms with Crippen molar-refractivity contribution in [2.24, 2.45) is 5.41 Å². The molecule has 4 nitrogen and oxygen atoms in total. The van der Waals surface area contributed by atoms with E-state index in [1.807, 2.05) is 13.8 Å². The van der Waals surface area contributed by atoms with Crippen molar-refractivity contribution in [3.05, 3.63) is 59.2 Å². The minimum atomic E-state index is -0.491. The molecule has 0 saturated carbocycles. The maximum Gasteiger partial charge on any atom is 0.227 e. The first-order valence-electron chi connectivity index (χ1n) is 11.3. The summed E-state index contributed by atoms with van der Waals surface area (Å²) in [5, 5.41) is 13.0. The predicted molar refractivity (Wildman–Crippen MR) is 126 cm³/mol. The minimum absolute atomic E-state index is 0.0678. The van der Waals surface area contributed by atoms with Gasteiger partial charge in [0.15, 0.2) is 0 Å². The highest BCUT2D eigenvalue weighted by molar-refractivity contribution is 5.84. The Kier molecular flexibility index (Phi) is 7.23. The van der Waals surface area contributed by atoms with Crippen LogP contribution in [0.15, 0.2) is 42.5 Å². The van der Waals surface area contributed by atoms with Crippen molar-refractivity contribution in [3.63, 3.8) is 0 Å². The van der Waals surface area contributed by atoms with E-state index in [0.717, 1.165) is 0 Å². The van der Waals surface area contributed by atoms with Crippen LogP contribution >= 0.6 is 0 Å². The highest BCUT2D eigenvalue weighted by Gasteiger charge is 2.42. The number of benzene rings is 2. The van der Waals surface area contributed by atoms with Crippen LogP contribution in [0.25, 0.3) is 11.1 Å². The molecule has 0 spiro atoms. The van der Waals surface area contributed by atoms with E-state index in [9.17, 15) is 9.90 Å². The molecule has 1 aliphatic rings. The van der Waals surface area contributed by atoms with Crippen molar-refractivity contribution in [1.82, 2.24) is 5.32 Å². The van der Waals surface area contributed by atoms with Crippen LogP contribution in [0, 0.1) is 19.3 Å². The summed E-state index contributed by atoms with van der Waals surface area (Å²) < 4.78 is 5.61. The van der Waals surface area contributed by atoms with E-state index < -0.39 is 17.1 Å². The number of ether oxygens (including phenoxy) is 1. The summed E-state index contributed by atoms with van der Waals surface area (Å²) in [6.07, 6.45) is 2.16. The first kappa shape index (κ1) is 23.5. The number of rotatable bonds is 7. The molecular weight excluding hydrogens is 386 g/mol. The fourth-order valence-corrected chi connectivity index (χ4v) is 4.87. The van der Waals surface area contributed by atoms with E-state index >= 15 is 0 Å². The third-order valence-corrected chi connectivity index (χ3v) is 6.21. The van der Waals surface area contributed by atoms with E-state index in [-0.39, 0.29) is 5.91 Å². The van der Waals surface area contributed by atoms with Gasteiger partial charge >= 0.3 is 0 Å². The molecule has 2 aromatic carbocycles. The molecule has 1 amide bonds. The Morgan fingerprint density at radius 3 is 2.35 bits per heavy atom. The zero-order valence-electron chi connectivity index (χ0n) is 19.6. The molecule has 1 fully saturated rings. The minimum Gasteiger partial charge on any atom is -0.393 e. The van der Waals surface area contributed by atoms with Gasteiger partial charge in [0.1, 0.15) is 0 Å². The molecule has 0 bridgehead atoms. The maximum absolute atomic E-state index is 13.5. The van der Waals surface area contributed by atoms with Crippen molar-refractivity contribution in [2.45, 2.75) is 71.9 Å². The van der Waals surface area contributed by atoms with E-state index in [0.29, 0.717) is 38.9 Å². The Balaban J connectivity index is 1.87. The zero-order chi connectivity index (χ0) is 22.6.